The average Bonchev–Trinajstić information content (AvgIpc) is 2.44. The van der Waals surface area contributed by atoms with Crippen LogP contribution in [0.3, 0.4) is 0 Å². The van der Waals surface area contributed by atoms with Crippen molar-refractivity contribution in [3.8, 4) is 0 Å². The highest BCUT2D eigenvalue weighted by atomic mass is 35.5. The summed E-state index contributed by atoms with van der Waals surface area (Å²) in [6, 6.07) is 8.09. The van der Waals surface area contributed by atoms with Gasteiger partial charge in [-0.05, 0) is 17.7 Å². The third-order valence-corrected chi connectivity index (χ3v) is 3.34. The standard InChI is InChI=1S/C14H14ClFN2O/c15-12-5-1-4-10(13(12)16)14(19)11(7-17)9-3-2-6-18-8-9/h1-6,8,11,14,19H,7,17H2. The minimum atomic E-state index is -1.06. The molecule has 2 rings (SSSR count). The number of hydrogen-bond acceptors (Lipinski definition) is 3. The monoisotopic (exact) mass is 280 g/mol. The van der Waals surface area contributed by atoms with Gasteiger partial charge in [0.25, 0.3) is 0 Å². The van der Waals surface area contributed by atoms with Crippen molar-refractivity contribution >= 4 is 11.6 Å². The second kappa shape index (κ2) is 6.10. The zero-order valence-electron chi connectivity index (χ0n) is 10.1. The van der Waals surface area contributed by atoms with Gasteiger partial charge >= 0.3 is 0 Å². The molecule has 3 nitrogen and oxygen atoms in total. The van der Waals surface area contributed by atoms with Gasteiger partial charge in [-0.3, -0.25) is 4.98 Å². The van der Waals surface area contributed by atoms with Gasteiger partial charge in [-0.2, -0.15) is 0 Å². The number of pyridine rings is 1. The molecule has 3 N–H and O–H groups in total. The van der Waals surface area contributed by atoms with Gasteiger partial charge in [-0.25, -0.2) is 4.39 Å². The molecular weight excluding hydrogens is 267 g/mol. The van der Waals surface area contributed by atoms with Crippen LogP contribution in [0.5, 0.6) is 0 Å². The molecule has 0 aliphatic heterocycles. The maximum atomic E-state index is 13.9. The summed E-state index contributed by atoms with van der Waals surface area (Å²) in [4.78, 5) is 3.98. The fourth-order valence-corrected chi connectivity index (χ4v) is 2.19. The SMILES string of the molecule is NCC(c1cccnc1)C(O)c1cccc(Cl)c1F. The number of nitrogens with two attached hydrogens (primary N) is 1. The first-order valence-electron chi connectivity index (χ1n) is 5.87. The summed E-state index contributed by atoms with van der Waals surface area (Å²) < 4.78 is 13.9. The Labute approximate surface area is 115 Å². The molecule has 0 saturated carbocycles. The highest BCUT2D eigenvalue weighted by Crippen LogP contribution is 2.33. The lowest BCUT2D eigenvalue weighted by molar-refractivity contribution is 0.143. The molecule has 0 aliphatic rings. The first kappa shape index (κ1) is 13.9. The number of hydrogen-bond donors (Lipinski definition) is 2. The van der Waals surface area contributed by atoms with Crippen molar-refractivity contribution in [1.82, 2.24) is 4.98 Å². The Morgan fingerprint density at radius 2 is 2.11 bits per heavy atom. The molecule has 100 valence electrons. The van der Waals surface area contributed by atoms with E-state index < -0.39 is 17.8 Å². The van der Waals surface area contributed by atoms with Crippen molar-refractivity contribution in [3.05, 3.63) is 64.7 Å². The lowest BCUT2D eigenvalue weighted by atomic mass is 9.90. The van der Waals surface area contributed by atoms with E-state index in [1.807, 2.05) is 0 Å². The summed E-state index contributed by atoms with van der Waals surface area (Å²) in [7, 11) is 0. The summed E-state index contributed by atoms with van der Waals surface area (Å²) >= 11 is 5.72. The Balaban J connectivity index is 2.36. The van der Waals surface area contributed by atoms with Crippen LogP contribution in [0.2, 0.25) is 5.02 Å². The molecule has 2 unspecified atom stereocenters. The average molecular weight is 281 g/mol. The smallest absolute Gasteiger partial charge is 0.147 e. The molecule has 1 aromatic heterocycles. The number of aliphatic hydroxyl groups is 1. The Bertz CT molecular complexity index is 550. The quantitative estimate of drug-likeness (QED) is 0.905. The molecule has 5 heteroatoms. The second-order valence-corrected chi connectivity index (χ2v) is 4.62. The van der Waals surface area contributed by atoms with E-state index in [1.165, 1.54) is 12.1 Å². The topological polar surface area (TPSA) is 59.1 Å². The summed E-state index contributed by atoms with van der Waals surface area (Å²) in [5, 5.41) is 10.3. The lowest BCUT2D eigenvalue weighted by Crippen LogP contribution is -2.21. The third-order valence-electron chi connectivity index (χ3n) is 3.05. The molecule has 0 fully saturated rings. The van der Waals surface area contributed by atoms with E-state index in [4.69, 9.17) is 17.3 Å². The molecular formula is C14H14ClFN2O. The Morgan fingerprint density at radius 1 is 1.32 bits per heavy atom. The van der Waals surface area contributed by atoms with Gasteiger partial charge in [0.1, 0.15) is 5.82 Å². The van der Waals surface area contributed by atoms with Crippen LogP contribution in [0.25, 0.3) is 0 Å². The molecule has 0 aliphatic carbocycles. The number of benzene rings is 1. The third kappa shape index (κ3) is 2.92. The van der Waals surface area contributed by atoms with Crippen molar-refractivity contribution in [2.45, 2.75) is 12.0 Å². The fourth-order valence-electron chi connectivity index (χ4n) is 2.01. The van der Waals surface area contributed by atoms with Crippen LogP contribution in [0, 0.1) is 5.82 Å². The molecule has 2 atom stereocenters. The molecule has 0 spiro atoms. The van der Waals surface area contributed by atoms with Crippen LogP contribution < -0.4 is 5.73 Å². The minimum Gasteiger partial charge on any atom is -0.388 e. The Morgan fingerprint density at radius 3 is 2.74 bits per heavy atom. The van der Waals surface area contributed by atoms with Gasteiger partial charge in [0.05, 0.1) is 11.1 Å². The van der Waals surface area contributed by atoms with Crippen LogP contribution >= 0.6 is 11.6 Å². The molecule has 2 aromatic rings. The van der Waals surface area contributed by atoms with Gasteiger partial charge in [-0.15, -0.1) is 0 Å². The highest BCUT2D eigenvalue weighted by molar-refractivity contribution is 6.30. The largest absolute Gasteiger partial charge is 0.388 e. The summed E-state index contributed by atoms with van der Waals surface area (Å²) in [5.74, 6) is -1.04. The van der Waals surface area contributed by atoms with E-state index in [0.29, 0.717) is 0 Å². The van der Waals surface area contributed by atoms with E-state index in [2.05, 4.69) is 4.98 Å². The van der Waals surface area contributed by atoms with Crippen molar-refractivity contribution in [1.29, 1.82) is 0 Å². The van der Waals surface area contributed by atoms with E-state index in [-0.39, 0.29) is 17.1 Å². The van der Waals surface area contributed by atoms with Crippen LogP contribution in [-0.2, 0) is 0 Å². The predicted molar refractivity (Wildman–Crippen MR) is 72.4 cm³/mol. The number of halogens is 2. The van der Waals surface area contributed by atoms with E-state index in [1.54, 1.807) is 30.6 Å². The zero-order valence-corrected chi connectivity index (χ0v) is 10.9. The maximum absolute atomic E-state index is 13.9. The lowest BCUT2D eigenvalue weighted by Gasteiger charge is -2.22. The first-order valence-corrected chi connectivity index (χ1v) is 6.25. The van der Waals surface area contributed by atoms with Gasteiger partial charge in [-0.1, -0.05) is 29.8 Å². The molecule has 0 bridgehead atoms. The zero-order chi connectivity index (χ0) is 13.8. The Kier molecular flexibility index (Phi) is 4.47. The number of nitrogens with zero attached hydrogens (tertiary/aromatic N) is 1. The second-order valence-electron chi connectivity index (χ2n) is 4.22. The van der Waals surface area contributed by atoms with Crippen molar-refractivity contribution < 1.29 is 9.50 Å². The van der Waals surface area contributed by atoms with Crippen molar-refractivity contribution in [2.75, 3.05) is 6.54 Å². The van der Waals surface area contributed by atoms with Crippen LogP contribution in [-0.4, -0.2) is 16.6 Å². The van der Waals surface area contributed by atoms with Crippen LogP contribution in [0.15, 0.2) is 42.7 Å². The molecule has 0 saturated heterocycles. The number of aliphatic hydroxyl groups excluding tert-OH is 1. The predicted octanol–water partition coefficient (Wildman–Crippen LogP) is 2.65. The maximum Gasteiger partial charge on any atom is 0.147 e. The van der Waals surface area contributed by atoms with Gasteiger partial charge in [0.2, 0.25) is 0 Å². The molecule has 1 aromatic carbocycles. The summed E-state index contributed by atoms with van der Waals surface area (Å²) in [5.41, 5.74) is 6.59. The number of aromatic nitrogens is 1. The normalized spacial score (nSPS) is 14.1. The van der Waals surface area contributed by atoms with Gasteiger partial charge < -0.3 is 10.8 Å². The van der Waals surface area contributed by atoms with E-state index >= 15 is 0 Å². The van der Waals surface area contributed by atoms with Crippen LogP contribution in [0.1, 0.15) is 23.1 Å². The summed E-state index contributed by atoms with van der Waals surface area (Å²) in [6.45, 7) is 0.179. The van der Waals surface area contributed by atoms with Crippen molar-refractivity contribution in [2.24, 2.45) is 5.73 Å². The van der Waals surface area contributed by atoms with E-state index in [0.717, 1.165) is 5.56 Å². The van der Waals surface area contributed by atoms with Gasteiger partial charge in [0, 0.05) is 30.4 Å². The first-order chi connectivity index (χ1) is 9.15. The molecule has 0 radical (unpaired) electrons. The molecule has 19 heavy (non-hydrogen) atoms. The van der Waals surface area contributed by atoms with Gasteiger partial charge in [0.15, 0.2) is 0 Å². The number of rotatable bonds is 4. The minimum absolute atomic E-state index is 0.0153. The highest BCUT2D eigenvalue weighted by Gasteiger charge is 2.25. The van der Waals surface area contributed by atoms with Crippen LogP contribution in [0.4, 0.5) is 4.39 Å². The summed E-state index contributed by atoms with van der Waals surface area (Å²) in [6.07, 6.45) is 2.18. The van der Waals surface area contributed by atoms with Crippen molar-refractivity contribution in [3.63, 3.8) is 0 Å². The Hall–Kier alpha value is -1.49. The molecule has 0 amide bonds. The molecule has 1 heterocycles. The van der Waals surface area contributed by atoms with E-state index in [9.17, 15) is 9.50 Å². The fraction of sp³-hybridized carbons (Fsp3) is 0.214.